The molecule has 112 valence electrons. The van der Waals surface area contributed by atoms with Crippen molar-refractivity contribution in [3.05, 3.63) is 35.1 Å². The molecule has 0 aliphatic rings. The van der Waals surface area contributed by atoms with Gasteiger partial charge in [-0.25, -0.2) is 9.38 Å². The van der Waals surface area contributed by atoms with E-state index in [9.17, 15) is 4.39 Å². The van der Waals surface area contributed by atoms with E-state index >= 15 is 0 Å². The van der Waals surface area contributed by atoms with E-state index in [-0.39, 0.29) is 12.4 Å². The number of hydrogen-bond acceptors (Lipinski definition) is 2. The van der Waals surface area contributed by atoms with Crippen LogP contribution < -0.4 is 10.6 Å². The molecule has 0 aliphatic heterocycles. The molecule has 0 heterocycles. The zero-order valence-corrected chi connectivity index (χ0v) is 12.5. The van der Waals surface area contributed by atoms with Crippen LogP contribution in [0.2, 0.25) is 0 Å². The molecule has 0 spiro atoms. The average molecular weight is 281 g/mol. The van der Waals surface area contributed by atoms with Crippen LogP contribution in [0.4, 0.5) is 4.39 Å². The van der Waals surface area contributed by atoms with Crippen molar-refractivity contribution < 1.29 is 9.13 Å². The molecular weight excluding hydrogens is 257 g/mol. The largest absolute Gasteiger partial charge is 0.380 e. The molecule has 0 aliphatic carbocycles. The Morgan fingerprint density at radius 1 is 1.30 bits per heavy atom. The minimum atomic E-state index is -0.240. The first-order valence-corrected chi connectivity index (χ1v) is 6.99. The number of nitrogens with zero attached hydrogens (tertiary/aromatic N) is 1. The molecule has 0 amide bonds. The summed E-state index contributed by atoms with van der Waals surface area (Å²) in [6, 6.07) is 5.01. The maximum Gasteiger partial charge on any atom is 0.191 e. The molecule has 0 unspecified atom stereocenters. The fourth-order valence-electron chi connectivity index (χ4n) is 1.75. The Balaban J connectivity index is 2.72. The zero-order chi connectivity index (χ0) is 14.8. The molecule has 5 heteroatoms. The monoisotopic (exact) mass is 281 g/mol. The standard InChI is InChI=1S/C15H24FN3O/c1-4-8-18-15(17-5-2)19-10-12-6-7-14(16)13(9-12)11-20-3/h6-7,9H,4-5,8,10-11H2,1-3H3,(H2,17,18,19). The van der Waals surface area contributed by atoms with Crippen LogP contribution >= 0.6 is 0 Å². The van der Waals surface area contributed by atoms with E-state index in [1.807, 2.05) is 6.92 Å². The molecule has 1 aromatic carbocycles. The minimum Gasteiger partial charge on any atom is -0.380 e. The molecule has 0 radical (unpaired) electrons. The van der Waals surface area contributed by atoms with Crippen LogP contribution in [-0.4, -0.2) is 26.2 Å². The first-order valence-electron chi connectivity index (χ1n) is 6.99. The van der Waals surface area contributed by atoms with Gasteiger partial charge in [0.15, 0.2) is 5.96 Å². The summed E-state index contributed by atoms with van der Waals surface area (Å²) in [5.41, 5.74) is 1.53. The van der Waals surface area contributed by atoms with E-state index in [1.165, 1.54) is 6.07 Å². The van der Waals surface area contributed by atoms with Crippen LogP contribution in [0.15, 0.2) is 23.2 Å². The average Bonchev–Trinajstić information content (AvgIpc) is 2.45. The molecule has 0 aromatic heterocycles. The Kier molecular flexibility index (Phi) is 7.65. The van der Waals surface area contributed by atoms with Gasteiger partial charge < -0.3 is 15.4 Å². The van der Waals surface area contributed by atoms with E-state index in [0.717, 1.165) is 31.0 Å². The Morgan fingerprint density at radius 2 is 2.10 bits per heavy atom. The number of rotatable bonds is 7. The summed E-state index contributed by atoms with van der Waals surface area (Å²) in [4.78, 5) is 4.48. The van der Waals surface area contributed by atoms with Crippen LogP contribution in [0, 0.1) is 5.82 Å². The summed E-state index contributed by atoms with van der Waals surface area (Å²) < 4.78 is 18.5. The first kappa shape index (κ1) is 16.4. The van der Waals surface area contributed by atoms with Gasteiger partial charge in [0.2, 0.25) is 0 Å². The smallest absolute Gasteiger partial charge is 0.191 e. The Bertz CT molecular complexity index is 435. The van der Waals surface area contributed by atoms with Gasteiger partial charge in [-0.1, -0.05) is 13.0 Å². The number of halogens is 1. The summed E-state index contributed by atoms with van der Waals surface area (Å²) in [6.45, 7) is 6.61. The predicted octanol–water partition coefficient (Wildman–Crippen LogP) is 2.44. The van der Waals surface area contributed by atoms with E-state index in [2.05, 4.69) is 22.5 Å². The molecule has 0 atom stereocenters. The molecule has 0 fully saturated rings. The normalized spacial score (nSPS) is 11.5. The highest BCUT2D eigenvalue weighted by Gasteiger charge is 2.03. The summed E-state index contributed by atoms with van der Waals surface area (Å²) in [5.74, 6) is 0.544. The first-order chi connectivity index (χ1) is 9.71. The van der Waals surface area contributed by atoms with Gasteiger partial charge in [0.25, 0.3) is 0 Å². The van der Waals surface area contributed by atoms with Crippen LogP contribution in [0.25, 0.3) is 0 Å². The molecule has 1 aromatic rings. The third-order valence-electron chi connectivity index (χ3n) is 2.72. The van der Waals surface area contributed by atoms with Crippen molar-refractivity contribution in [3.63, 3.8) is 0 Å². The maximum atomic E-state index is 13.5. The van der Waals surface area contributed by atoms with Crippen molar-refractivity contribution in [2.24, 2.45) is 4.99 Å². The van der Waals surface area contributed by atoms with Gasteiger partial charge in [0, 0.05) is 25.8 Å². The Labute approximate surface area is 120 Å². The van der Waals surface area contributed by atoms with Gasteiger partial charge in [-0.15, -0.1) is 0 Å². The van der Waals surface area contributed by atoms with Crippen LogP contribution in [-0.2, 0) is 17.9 Å². The van der Waals surface area contributed by atoms with E-state index < -0.39 is 0 Å². The molecule has 0 bridgehead atoms. The number of ether oxygens (including phenoxy) is 1. The highest BCUT2D eigenvalue weighted by Crippen LogP contribution is 2.12. The highest BCUT2D eigenvalue weighted by atomic mass is 19.1. The lowest BCUT2D eigenvalue weighted by Gasteiger charge is -2.10. The van der Waals surface area contributed by atoms with Crippen molar-refractivity contribution in [2.45, 2.75) is 33.4 Å². The third-order valence-corrected chi connectivity index (χ3v) is 2.72. The quantitative estimate of drug-likeness (QED) is 0.596. The third kappa shape index (κ3) is 5.57. The van der Waals surface area contributed by atoms with Crippen molar-refractivity contribution >= 4 is 5.96 Å². The topological polar surface area (TPSA) is 45.7 Å². The van der Waals surface area contributed by atoms with Gasteiger partial charge in [-0.2, -0.15) is 0 Å². The summed E-state index contributed by atoms with van der Waals surface area (Å²) in [5, 5.41) is 6.41. The SMILES string of the molecule is CCCNC(=NCc1ccc(F)c(COC)c1)NCC. The number of methoxy groups -OCH3 is 1. The number of hydrogen-bond donors (Lipinski definition) is 2. The lowest BCUT2D eigenvalue weighted by Crippen LogP contribution is -2.37. The maximum absolute atomic E-state index is 13.5. The Hall–Kier alpha value is -1.62. The highest BCUT2D eigenvalue weighted by molar-refractivity contribution is 5.79. The van der Waals surface area contributed by atoms with E-state index in [4.69, 9.17) is 4.74 Å². The molecule has 20 heavy (non-hydrogen) atoms. The predicted molar refractivity (Wildman–Crippen MR) is 80.2 cm³/mol. The minimum absolute atomic E-state index is 0.240. The molecule has 0 saturated carbocycles. The van der Waals surface area contributed by atoms with Crippen LogP contribution in [0.3, 0.4) is 0 Å². The van der Waals surface area contributed by atoms with Gasteiger partial charge in [0.05, 0.1) is 13.2 Å². The number of nitrogens with one attached hydrogen (secondary N) is 2. The molecule has 2 N–H and O–H groups in total. The fourth-order valence-corrected chi connectivity index (χ4v) is 1.75. The van der Waals surface area contributed by atoms with Gasteiger partial charge in [-0.3, -0.25) is 0 Å². The summed E-state index contributed by atoms with van der Waals surface area (Å²) >= 11 is 0. The van der Waals surface area contributed by atoms with Gasteiger partial charge >= 0.3 is 0 Å². The lowest BCUT2D eigenvalue weighted by molar-refractivity contribution is 0.181. The van der Waals surface area contributed by atoms with E-state index in [1.54, 1.807) is 19.2 Å². The summed E-state index contributed by atoms with van der Waals surface area (Å²) in [7, 11) is 1.56. The van der Waals surface area contributed by atoms with Crippen molar-refractivity contribution in [3.8, 4) is 0 Å². The van der Waals surface area contributed by atoms with Crippen molar-refractivity contribution in [1.29, 1.82) is 0 Å². The molecule has 0 saturated heterocycles. The lowest BCUT2D eigenvalue weighted by atomic mass is 10.1. The van der Waals surface area contributed by atoms with Gasteiger partial charge in [-0.05, 0) is 31.0 Å². The second kappa shape index (κ2) is 9.31. The second-order valence-corrected chi connectivity index (χ2v) is 4.48. The zero-order valence-electron chi connectivity index (χ0n) is 12.5. The Morgan fingerprint density at radius 3 is 2.75 bits per heavy atom. The van der Waals surface area contributed by atoms with Gasteiger partial charge in [0.1, 0.15) is 5.82 Å². The second-order valence-electron chi connectivity index (χ2n) is 4.48. The van der Waals surface area contributed by atoms with Crippen molar-refractivity contribution in [1.82, 2.24) is 10.6 Å². The van der Waals surface area contributed by atoms with E-state index in [0.29, 0.717) is 12.1 Å². The number of benzene rings is 1. The summed E-state index contributed by atoms with van der Waals surface area (Å²) in [6.07, 6.45) is 1.04. The fraction of sp³-hybridized carbons (Fsp3) is 0.533. The van der Waals surface area contributed by atoms with Crippen LogP contribution in [0.5, 0.6) is 0 Å². The number of aliphatic imine (C=N–C) groups is 1. The number of guanidine groups is 1. The van der Waals surface area contributed by atoms with Crippen LogP contribution in [0.1, 0.15) is 31.4 Å². The molecule has 4 nitrogen and oxygen atoms in total. The molecule has 1 rings (SSSR count). The van der Waals surface area contributed by atoms with Crippen molar-refractivity contribution in [2.75, 3.05) is 20.2 Å². The molecular formula is C15H24FN3O.